The van der Waals surface area contributed by atoms with E-state index in [1.807, 2.05) is 41.9 Å². The van der Waals surface area contributed by atoms with Crippen molar-refractivity contribution in [3.8, 4) is 0 Å². The summed E-state index contributed by atoms with van der Waals surface area (Å²) in [6.45, 7) is 3.24. The summed E-state index contributed by atoms with van der Waals surface area (Å²) in [4.78, 5) is 9.44. The summed E-state index contributed by atoms with van der Waals surface area (Å²) in [5.74, 6) is 0. The highest BCUT2D eigenvalue weighted by atomic mass is 16.6. The van der Waals surface area contributed by atoms with Crippen LogP contribution in [0.5, 0.6) is 0 Å². The molecule has 0 bridgehead atoms. The standard InChI is InChI=1S/C10H13N3O/c1-2-14-11-7-9-8-13-6-4-3-5-10(13)12-9/h3-6,8,11H,2,7H2,1H3. The first-order chi connectivity index (χ1) is 6.90. The predicted molar refractivity (Wildman–Crippen MR) is 53.7 cm³/mol. The fourth-order valence-corrected chi connectivity index (χ4v) is 1.30. The minimum absolute atomic E-state index is 0.634. The number of rotatable bonds is 4. The highest BCUT2D eigenvalue weighted by Crippen LogP contribution is 2.03. The highest BCUT2D eigenvalue weighted by molar-refractivity contribution is 5.39. The first kappa shape index (κ1) is 9.18. The Bertz CT molecular complexity index is 377. The third-order valence-electron chi connectivity index (χ3n) is 1.91. The van der Waals surface area contributed by atoms with E-state index in [9.17, 15) is 0 Å². The summed E-state index contributed by atoms with van der Waals surface area (Å²) in [5, 5.41) is 0. The number of pyridine rings is 1. The van der Waals surface area contributed by atoms with Gasteiger partial charge in [-0.05, 0) is 19.1 Å². The summed E-state index contributed by atoms with van der Waals surface area (Å²) in [6.07, 6.45) is 3.97. The van der Waals surface area contributed by atoms with Gasteiger partial charge in [-0.25, -0.2) is 4.98 Å². The van der Waals surface area contributed by atoms with E-state index in [0.717, 1.165) is 11.3 Å². The molecule has 1 N–H and O–H groups in total. The first-order valence-electron chi connectivity index (χ1n) is 4.67. The SMILES string of the molecule is CCONCc1cn2ccccc2n1. The lowest BCUT2D eigenvalue weighted by Crippen LogP contribution is -2.13. The summed E-state index contributed by atoms with van der Waals surface area (Å²) in [5.41, 5.74) is 4.77. The fourth-order valence-electron chi connectivity index (χ4n) is 1.30. The second-order valence-corrected chi connectivity index (χ2v) is 2.95. The molecule has 0 fully saturated rings. The van der Waals surface area contributed by atoms with Gasteiger partial charge in [0.1, 0.15) is 5.65 Å². The Morgan fingerprint density at radius 2 is 2.43 bits per heavy atom. The van der Waals surface area contributed by atoms with Gasteiger partial charge in [-0.1, -0.05) is 6.07 Å². The third-order valence-corrected chi connectivity index (χ3v) is 1.91. The Labute approximate surface area is 82.5 Å². The topological polar surface area (TPSA) is 38.6 Å². The molecule has 0 aromatic carbocycles. The van der Waals surface area contributed by atoms with Crippen LogP contribution in [-0.4, -0.2) is 16.0 Å². The van der Waals surface area contributed by atoms with Crippen molar-refractivity contribution in [2.75, 3.05) is 6.61 Å². The Hall–Kier alpha value is -1.39. The van der Waals surface area contributed by atoms with E-state index in [4.69, 9.17) is 4.84 Å². The average molecular weight is 191 g/mol. The predicted octanol–water partition coefficient (Wildman–Crippen LogP) is 1.38. The molecule has 4 heteroatoms. The lowest BCUT2D eigenvalue weighted by Gasteiger charge is -1.98. The molecular formula is C10H13N3O. The molecule has 0 atom stereocenters. The van der Waals surface area contributed by atoms with Gasteiger partial charge in [0.05, 0.1) is 18.8 Å². The molecule has 0 saturated carbocycles. The van der Waals surface area contributed by atoms with Gasteiger partial charge in [-0.2, -0.15) is 5.48 Å². The second-order valence-electron chi connectivity index (χ2n) is 2.95. The van der Waals surface area contributed by atoms with Gasteiger partial charge < -0.3 is 9.24 Å². The van der Waals surface area contributed by atoms with Crippen molar-refractivity contribution in [1.82, 2.24) is 14.9 Å². The van der Waals surface area contributed by atoms with Crippen molar-refractivity contribution in [3.63, 3.8) is 0 Å². The van der Waals surface area contributed by atoms with Crippen molar-refractivity contribution in [2.45, 2.75) is 13.5 Å². The number of hydroxylamine groups is 1. The summed E-state index contributed by atoms with van der Waals surface area (Å²) >= 11 is 0. The molecule has 2 heterocycles. The summed E-state index contributed by atoms with van der Waals surface area (Å²) in [6, 6.07) is 5.93. The molecule has 74 valence electrons. The fraction of sp³-hybridized carbons (Fsp3) is 0.300. The highest BCUT2D eigenvalue weighted by Gasteiger charge is 1.99. The van der Waals surface area contributed by atoms with Crippen molar-refractivity contribution < 1.29 is 4.84 Å². The minimum atomic E-state index is 0.634. The largest absolute Gasteiger partial charge is 0.307 e. The van der Waals surface area contributed by atoms with E-state index >= 15 is 0 Å². The molecule has 0 unspecified atom stereocenters. The molecular weight excluding hydrogens is 178 g/mol. The maximum atomic E-state index is 5.03. The number of hydrogen-bond acceptors (Lipinski definition) is 3. The summed E-state index contributed by atoms with van der Waals surface area (Å²) in [7, 11) is 0. The normalized spacial score (nSPS) is 10.9. The Morgan fingerprint density at radius 3 is 3.21 bits per heavy atom. The molecule has 0 aliphatic rings. The van der Waals surface area contributed by atoms with E-state index in [1.165, 1.54) is 0 Å². The van der Waals surface area contributed by atoms with Crippen LogP contribution in [0.4, 0.5) is 0 Å². The van der Waals surface area contributed by atoms with Crippen LogP contribution in [0.25, 0.3) is 5.65 Å². The summed E-state index contributed by atoms with van der Waals surface area (Å²) < 4.78 is 1.99. The van der Waals surface area contributed by atoms with Crippen LogP contribution in [0, 0.1) is 0 Å². The monoisotopic (exact) mass is 191 g/mol. The Morgan fingerprint density at radius 1 is 1.50 bits per heavy atom. The zero-order valence-corrected chi connectivity index (χ0v) is 8.10. The molecule has 2 rings (SSSR count). The molecule has 0 spiro atoms. The first-order valence-corrected chi connectivity index (χ1v) is 4.67. The number of hydrogen-bond donors (Lipinski definition) is 1. The number of aromatic nitrogens is 2. The van der Waals surface area contributed by atoms with E-state index in [1.54, 1.807) is 0 Å². The Kier molecular flexibility index (Phi) is 2.76. The van der Waals surface area contributed by atoms with Crippen molar-refractivity contribution >= 4 is 5.65 Å². The van der Waals surface area contributed by atoms with E-state index < -0.39 is 0 Å². The molecule has 0 radical (unpaired) electrons. The number of fused-ring (bicyclic) bond motifs is 1. The zero-order valence-electron chi connectivity index (χ0n) is 8.10. The number of imidazole rings is 1. The quantitative estimate of drug-likeness (QED) is 0.586. The maximum Gasteiger partial charge on any atom is 0.137 e. The third kappa shape index (κ3) is 1.92. The molecule has 14 heavy (non-hydrogen) atoms. The number of nitrogens with zero attached hydrogens (tertiary/aromatic N) is 2. The van der Waals surface area contributed by atoms with Crippen LogP contribution < -0.4 is 5.48 Å². The molecule has 2 aromatic rings. The van der Waals surface area contributed by atoms with Gasteiger partial charge >= 0.3 is 0 Å². The van der Waals surface area contributed by atoms with Crippen LogP contribution in [-0.2, 0) is 11.4 Å². The van der Waals surface area contributed by atoms with Gasteiger partial charge in [-0.15, -0.1) is 0 Å². The Balaban J connectivity index is 2.11. The van der Waals surface area contributed by atoms with Crippen LogP contribution >= 0.6 is 0 Å². The molecule has 4 nitrogen and oxygen atoms in total. The van der Waals surface area contributed by atoms with Crippen molar-refractivity contribution in [2.24, 2.45) is 0 Å². The van der Waals surface area contributed by atoms with Gasteiger partial charge in [0, 0.05) is 12.4 Å². The van der Waals surface area contributed by atoms with Crippen LogP contribution in [0.15, 0.2) is 30.6 Å². The van der Waals surface area contributed by atoms with E-state index in [2.05, 4.69) is 10.5 Å². The molecule has 0 aliphatic carbocycles. The van der Waals surface area contributed by atoms with Crippen LogP contribution in [0.2, 0.25) is 0 Å². The maximum absolute atomic E-state index is 5.03. The molecule has 2 aromatic heterocycles. The zero-order chi connectivity index (χ0) is 9.80. The van der Waals surface area contributed by atoms with E-state index in [-0.39, 0.29) is 0 Å². The van der Waals surface area contributed by atoms with Gasteiger partial charge in [0.25, 0.3) is 0 Å². The average Bonchev–Trinajstić information content (AvgIpc) is 2.60. The molecule has 0 amide bonds. The van der Waals surface area contributed by atoms with Crippen LogP contribution in [0.1, 0.15) is 12.6 Å². The molecule has 0 aliphatic heterocycles. The van der Waals surface area contributed by atoms with Crippen LogP contribution in [0.3, 0.4) is 0 Å². The lowest BCUT2D eigenvalue weighted by atomic mass is 10.5. The van der Waals surface area contributed by atoms with Gasteiger partial charge in [0.2, 0.25) is 0 Å². The minimum Gasteiger partial charge on any atom is -0.307 e. The smallest absolute Gasteiger partial charge is 0.137 e. The van der Waals surface area contributed by atoms with Crippen molar-refractivity contribution in [1.29, 1.82) is 0 Å². The van der Waals surface area contributed by atoms with E-state index in [0.29, 0.717) is 13.2 Å². The second kappa shape index (κ2) is 4.21. The van der Waals surface area contributed by atoms with Gasteiger partial charge in [-0.3, -0.25) is 0 Å². The molecule has 0 saturated heterocycles. The van der Waals surface area contributed by atoms with Gasteiger partial charge in [0.15, 0.2) is 0 Å². The van der Waals surface area contributed by atoms with Crippen molar-refractivity contribution in [3.05, 3.63) is 36.3 Å². The number of nitrogens with one attached hydrogen (secondary N) is 1. The lowest BCUT2D eigenvalue weighted by molar-refractivity contribution is 0.0457.